The van der Waals surface area contributed by atoms with Gasteiger partial charge in [0, 0.05) is 18.8 Å². The van der Waals surface area contributed by atoms with Crippen LogP contribution in [0, 0.1) is 0 Å². The first-order valence-corrected chi connectivity index (χ1v) is 7.46. The first kappa shape index (κ1) is 16.4. The highest BCUT2D eigenvalue weighted by Gasteiger charge is 2.08. The van der Waals surface area contributed by atoms with Crippen molar-refractivity contribution in [1.82, 2.24) is 19.5 Å². The van der Waals surface area contributed by atoms with Crippen LogP contribution in [-0.4, -0.2) is 25.5 Å². The Kier molecular flexibility index (Phi) is 4.55. The molecule has 0 fully saturated rings. The lowest BCUT2D eigenvalue weighted by atomic mass is 10.2. The van der Waals surface area contributed by atoms with Gasteiger partial charge < -0.3 is 14.3 Å². The molecule has 3 rings (SSSR count). The molecule has 0 amide bonds. The summed E-state index contributed by atoms with van der Waals surface area (Å²) in [6.45, 7) is -0.116. The van der Waals surface area contributed by atoms with Gasteiger partial charge in [0.25, 0.3) is 11.1 Å². The predicted octanol–water partition coefficient (Wildman–Crippen LogP) is -0.0934. The minimum Gasteiger partial charge on any atom is -0.457 e. The number of rotatable bonds is 5. The van der Waals surface area contributed by atoms with Crippen LogP contribution in [-0.2, 0) is 22.7 Å². The summed E-state index contributed by atoms with van der Waals surface area (Å²) in [6, 6.07) is 8.03. The summed E-state index contributed by atoms with van der Waals surface area (Å²) in [5, 5.41) is 0.454. The molecule has 9 nitrogen and oxygen atoms in total. The molecule has 0 unspecified atom stereocenters. The lowest BCUT2D eigenvalue weighted by Gasteiger charge is -2.06. The van der Waals surface area contributed by atoms with Gasteiger partial charge >= 0.3 is 11.7 Å². The third-order valence-corrected chi connectivity index (χ3v) is 3.49. The second-order valence-corrected chi connectivity index (χ2v) is 5.24. The van der Waals surface area contributed by atoms with Crippen LogP contribution in [0.2, 0.25) is 0 Å². The van der Waals surface area contributed by atoms with Crippen LogP contribution in [0.15, 0.2) is 50.9 Å². The summed E-state index contributed by atoms with van der Waals surface area (Å²) in [5.41, 5.74) is -0.899. The van der Waals surface area contributed by atoms with Crippen LogP contribution in [0.3, 0.4) is 0 Å². The molecule has 9 heteroatoms. The zero-order chi connectivity index (χ0) is 17.8. The maximum Gasteiger partial charge on any atom is 0.328 e. The Bertz CT molecular complexity index is 1100. The summed E-state index contributed by atoms with van der Waals surface area (Å²) >= 11 is 0. The van der Waals surface area contributed by atoms with E-state index in [4.69, 9.17) is 4.74 Å². The van der Waals surface area contributed by atoms with Crippen molar-refractivity contribution in [1.29, 1.82) is 0 Å². The zero-order valence-electron chi connectivity index (χ0n) is 13.0. The van der Waals surface area contributed by atoms with E-state index in [1.165, 1.54) is 16.8 Å². The molecule has 0 saturated heterocycles. The number of nitrogens with one attached hydrogen (secondary N) is 2. The van der Waals surface area contributed by atoms with E-state index < -0.39 is 17.2 Å². The molecule has 0 saturated carbocycles. The van der Waals surface area contributed by atoms with Gasteiger partial charge in [-0.15, -0.1) is 0 Å². The number of carbonyl (C=O) groups is 1. The molecule has 3 aromatic rings. The van der Waals surface area contributed by atoms with Gasteiger partial charge in [-0.2, -0.15) is 0 Å². The van der Waals surface area contributed by atoms with Gasteiger partial charge in [-0.25, -0.2) is 9.78 Å². The number of carbonyl (C=O) groups excluding carboxylic acids is 1. The lowest BCUT2D eigenvalue weighted by Crippen LogP contribution is -2.29. The van der Waals surface area contributed by atoms with Crippen molar-refractivity contribution in [3.63, 3.8) is 0 Å². The number of para-hydroxylation sites is 1. The van der Waals surface area contributed by atoms with Crippen LogP contribution in [0.4, 0.5) is 0 Å². The molecule has 2 aromatic heterocycles. The molecule has 0 radical (unpaired) electrons. The Balaban J connectivity index is 1.61. The molecule has 0 aliphatic rings. The quantitative estimate of drug-likeness (QED) is 0.624. The molecule has 0 atom stereocenters. The van der Waals surface area contributed by atoms with E-state index in [0.717, 1.165) is 0 Å². The molecule has 25 heavy (non-hydrogen) atoms. The van der Waals surface area contributed by atoms with Gasteiger partial charge in [-0.3, -0.25) is 19.4 Å². The fourth-order valence-corrected chi connectivity index (χ4v) is 2.26. The molecule has 2 N–H and O–H groups in total. The molecule has 128 valence electrons. The highest BCUT2D eigenvalue weighted by molar-refractivity contribution is 5.77. The normalized spacial score (nSPS) is 10.7. The number of benzene rings is 1. The van der Waals surface area contributed by atoms with Gasteiger partial charge in [0.05, 0.1) is 17.3 Å². The van der Waals surface area contributed by atoms with Crippen LogP contribution in [0.25, 0.3) is 10.9 Å². The average Bonchev–Trinajstić information content (AvgIpc) is 2.59. The maximum absolute atomic E-state index is 11.9. The number of esters is 1. The molecule has 2 heterocycles. The zero-order valence-corrected chi connectivity index (χ0v) is 13.0. The van der Waals surface area contributed by atoms with Crippen LogP contribution in [0.1, 0.15) is 12.2 Å². The van der Waals surface area contributed by atoms with Crippen LogP contribution < -0.4 is 16.8 Å². The van der Waals surface area contributed by atoms with Crippen molar-refractivity contribution >= 4 is 16.9 Å². The maximum atomic E-state index is 11.9. The third kappa shape index (κ3) is 3.89. The molecular weight excluding hydrogens is 328 g/mol. The smallest absolute Gasteiger partial charge is 0.328 e. The average molecular weight is 342 g/mol. The van der Waals surface area contributed by atoms with Gasteiger partial charge in [-0.05, 0) is 12.1 Å². The van der Waals surface area contributed by atoms with Crippen molar-refractivity contribution in [3.8, 4) is 0 Å². The highest BCUT2D eigenvalue weighted by Crippen LogP contribution is 2.06. The molecule has 1 aromatic carbocycles. The predicted molar refractivity (Wildman–Crippen MR) is 88.1 cm³/mol. The Morgan fingerprint density at radius 3 is 2.72 bits per heavy atom. The second kappa shape index (κ2) is 6.95. The van der Waals surface area contributed by atoms with E-state index in [1.54, 1.807) is 24.3 Å². The summed E-state index contributed by atoms with van der Waals surface area (Å²) in [5.74, 6) is -0.327. The molecule has 0 aliphatic heterocycles. The Hall–Kier alpha value is -3.49. The number of hydrogen-bond acceptors (Lipinski definition) is 6. The minimum atomic E-state index is -0.596. The van der Waals surface area contributed by atoms with E-state index in [2.05, 4.69) is 15.0 Å². The monoisotopic (exact) mass is 342 g/mol. The molecule has 0 aliphatic carbocycles. The van der Waals surface area contributed by atoms with E-state index in [9.17, 15) is 19.2 Å². The topological polar surface area (TPSA) is 127 Å². The van der Waals surface area contributed by atoms with Crippen molar-refractivity contribution in [2.24, 2.45) is 0 Å². The lowest BCUT2D eigenvalue weighted by molar-refractivity contribution is -0.145. The van der Waals surface area contributed by atoms with Crippen molar-refractivity contribution in [2.45, 2.75) is 19.6 Å². The first-order valence-electron chi connectivity index (χ1n) is 7.46. The minimum absolute atomic E-state index is 0.0656. The number of ether oxygens (including phenoxy) is 1. The standard InChI is InChI=1S/C16H14N4O5/c21-13-5-7-20(16(24)19-13)8-6-14(22)25-9-12-17-11-4-2-1-3-10(11)15(23)18-12/h1-5,7H,6,8-9H2,(H,17,18,23)(H,19,21,24). The number of aromatic nitrogens is 4. The second-order valence-electron chi connectivity index (χ2n) is 5.24. The first-order chi connectivity index (χ1) is 12.0. The molecule has 0 bridgehead atoms. The van der Waals surface area contributed by atoms with E-state index in [1.807, 2.05) is 0 Å². The van der Waals surface area contributed by atoms with E-state index >= 15 is 0 Å². The Morgan fingerprint density at radius 1 is 1.12 bits per heavy atom. The number of hydrogen-bond donors (Lipinski definition) is 2. The Labute approximate surface area is 139 Å². The third-order valence-electron chi connectivity index (χ3n) is 3.49. The van der Waals surface area contributed by atoms with Gasteiger partial charge in [0.15, 0.2) is 0 Å². The summed E-state index contributed by atoms with van der Waals surface area (Å²) in [4.78, 5) is 55.0. The fraction of sp³-hybridized carbons (Fsp3) is 0.188. The van der Waals surface area contributed by atoms with Crippen molar-refractivity contribution in [2.75, 3.05) is 0 Å². The summed E-state index contributed by atoms with van der Waals surface area (Å²) < 4.78 is 6.25. The van der Waals surface area contributed by atoms with Gasteiger partial charge in [0.2, 0.25) is 0 Å². The number of aryl methyl sites for hydroxylation is 1. The number of fused-ring (bicyclic) bond motifs is 1. The van der Waals surface area contributed by atoms with Crippen molar-refractivity contribution < 1.29 is 9.53 Å². The van der Waals surface area contributed by atoms with Gasteiger partial charge in [0.1, 0.15) is 12.4 Å². The van der Waals surface area contributed by atoms with Crippen molar-refractivity contribution in [3.05, 3.63) is 73.5 Å². The van der Waals surface area contributed by atoms with Crippen LogP contribution in [0.5, 0.6) is 0 Å². The van der Waals surface area contributed by atoms with E-state index in [0.29, 0.717) is 10.9 Å². The van der Waals surface area contributed by atoms with Gasteiger partial charge in [-0.1, -0.05) is 12.1 Å². The summed E-state index contributed by atoms with van der Waals surface area (Å²) in [7, 11) is 0. The Morgan fingerprint density at radius 2 is 1.92 bits per heavy atom. The SMILES string of the molecule is O=C(CCn1ccc(=O)[nH]c1=O)OCc1nc2ccccc2c(=O)[nH]1. The largest absolute Gasteiger partial charge is 0.457 e. The van der Waals surface area contributed by atoms with E-state index in [-0.39, 0.29) is 31.0 Å². The van der Waals surface area contributed by atoms with Crippen LogP contribution >= 0.6 is 0 Å². The number of H-pyrrole nitrogens is 2. The number of aromatic amines is 2. The molecule has 0 spiro atoms. The number of nitrogens with zero attached hydrogens (tertiary/aromatic N) is 2. The fourth-order valence-electron chi connectivity index (χ4n) is 2.26. The highest BCUT2D eigenvalue weighted by atomic mass is 16.5. The summed E-state index contributed by atoms with van der Waals surface area (Å²) in [6.07, 6.45) is 1.24. The molecular formula is C16H14N4O5.